The van der Waals surface area contributed by atoms with E-state index in [4.69, 9.17) is 0 Å². The maximum Gasteiger partial charge on any atom is 0.0859 e. The second-order valence-corrected chi connectivity index (χ2v) is 3.88. The smallest absolute Gasteiger partial charge is 0.0859 e. The molecule has 0 fully saturated rings. The lowest BCUT2D eigenvalue weighted by molar-refractivity contribution is 1.22. The molecule has 80 valence electrons. The van der Waals surface area contributed by atoms with Gasteiger partial charge in [-0.05, 0) is 49.2 Å². The van der Waals surface area contributed by atoms with Gasteiger partial charge in [-0.3, -0.25) is 0 Å². The molecule has 0 saturated carbocycles. The summed E-state index contributed by atoms with van der Waals surface area (Å²) in [7, 11) is 0. The van der Waals surface area contributed by atoms with Crippen LogP contribution in [0, 0.1) is 13.8 Å². The molecule has 0 aliphatic carbocycles. The molecule has 0 N–H and O–H groups in total. The van der Waals surface area contributed by atoms with Gasteiger partial charge in [0.05, 0.1) is 11.4 Å². The van der Waals surface area contributed by atoms with E-state index in [1.54, 1.807) is 0 Å². The Morgan fingerprint density at radius 2 is 1.12 bits per heavy atom. The van der Waals surface area contributed by atoms with Crippen LogP contribution in [0.15, 0.2) is 58.8 Å². The van der Waals surface area contributed by atoms with Gasteiger partial charge in [-0.1, -0.05) is 24.3 Å². The van der Waals surface area contributed by atoms with Crippen molar-refractivity contribution in [2.75, 3.05) is 0 Å². The van der Waals surface area contributed by atoms with Crippen molar-refractivity contribution in [3.8, 4) is 0 Å². The Labute approximate surface area is 95.7 Å². The van der Waals surface area contributed by atoms with E-state index in [1.807, 2.05) is 62.4 Å². The molecule has 2 aromatic rings. The topological polar surface area (TPSA) is 24.7 Å². The molecule has 2 rings (SSSR count). The molecule has 0 unspecified atom stereocenters. The van der Waals surface area contributed by atoms with Crippen molar-refractivity contribution in [3.05, 3.63) is 59.7 Å². The second kappa shape index (κ2) is 4.71. The first-order chi connectivity index (χ1) is 7.74. The number of hydrogen-bond donors (Lipinski definition) is 0. The number of rotatable bonds is 2. The fraction of sp³-hybridized carbons (Fsp3) is 0.143. The maximum atomic E-state index is 4.20. The minimum atomic E-state index is 0.890. The minimum absolute atomic E-state index is 0.890. The molecule has 16 heavy (non-hydrogen) atoms. The molecule has 0 aliphatic heterocycles. The van der Waals surface area contributed by atoms with Crippen molar-refractivity contribution in [2.45, 2.75) is 13.8 Å². The van der Waals surface area contributed by atoms with Gasteiger partial charge in [-0.15, -0.1) is 0 Å². The summed E-state index contributed by atoms with van der Waals surface area (Å²) in [6, 6.07) is 16.0. The molecule has 2 aromatic carbocycles. The summed E-state index contributed by atoms with van der Waals surface area (Å²) in [5.74, 6) is 0. The molecule has 0 aliphatic rings. The molecular formula is C14H14N2. The molecule has 0 heterocycles. The highest BCUT2D eigenvalue weighted by atomic mass is 15.1. The molecule has 0 aromatic heterocycles. The number of benzene rings is 2. The normalized spacial score (nSPS) is 10.9. The van der Waals surface area contributed by atoms with Gasteiger partial charge >= 0.3 is 0 Å². The summed E-state index contributed by atoms with van der Waals surface area (Å²) in [5, 5.41) is 8.41. The van der Waals surface area contributed by atoms with Crippen LogP contribution in [0.5, 0.6) is 0 Å². The van der Waals surface area contributed by atoms with E-state index in [-0.39, 0.29) is 0 Å². The van der Waals surface area contributed by atoms with Crippen LogP contribution in [0.25, 0.3) is 0 Å². The van der Waals surface area contributed by atoms with Crippen LogP contribution in [-0.4, -0.2) is 0 Å². The zero-order chi connectivity index (χ0) is 11.4. The zero-order valence-electron chi connectivity index (χ0n) is 9.51. The van der Waals surface area contributed by atoms with Crippen LogP contribution in [-0.2, 0) is 0 Å². The first-order valence-corrected chi connectivity index (χ1v) is 5.29. The first-order valence-electron chi connectivity index (χ1n) is 5.29. The third-order valence-electron chi connectivity index (χ3n) is 2.28. The molecule has 0 bridgehead atoms. The van der Waals surface area contributed by atoms with E-state index in [0.29, 0.717) is 0 Å². The van der Waals surface area contributed by atoms with Crippen molar-refractivity contribution in [1.82, 2.24) is 0 Å². The summed E-state index contributed by atoms with van der Waals surface area (Å²) >= 11 is 0. The fourth-order valence-electron chi connectivity index (χ4n) is 1.50. The molecule has 0 saturated heterocycles. The Morgan fingerprint density at radius 1 is 0.688 bits per heavy atom. The van der Waals surface area contributed by atoms with E-state index in [9.17, 15) is 0 Å². The van der Waals surface area contributed by atoms with Crippen LogP contribution >= 0.6 is 0 Å². The summed E-state index contributed by atoms with van der Waals surface area (Å²) in [4.78, 5) is 0. The number of aryl methyl sites for hydroxylation is 2. The summed E-state index contributed by atoms with van der Waals surface area (Å²) < 4.78 is 0. The van der Waals surface area contributed by atoms with Gasteiger partial charge in [0.2, 0.25) is 0 Å². The zero-order valence-corrected chi connectivity index (χ0v) is 9.51. The lowest BCUT2D eigenvalue weighted by Gasteiger charge is -1.96. The van der Waals surface area contributed by atoms with Crippen LogP contribution in [0.3, 0.4) is 0 Å². The monoisotopic (exact) mass is 210 g/mol. The fourth-order valence-corrected chi connectivity index (χ4v) is 1.50. The molecule has 0 amide bonds. The molecule has 2 nitrogen and oxygen atoms in total. The average molecular weight is 210 g/mol. The lowest BCUT2D eigenvalue weighted by atomic mass is 10.2. The Kier molecular flexibility index (Phi) is 3.10. The standard InChI is InChI=1S/C14H14N2/c1-11-5-3-7-13(9-11)15-16-14-8-4-6-12(2)10-14/h3-10H,1-2H3/b16-15-. The molecule has 2 heteroatoms. The van der Waals surface area contributed by atoms with Crippen molar-refractivity contribution < 1.29 is 0 Å². The van der Waals surface area contributed by atoms with Gasteiger partial charge in [-0.25, -0.2) is 0 Å². The van der Waals surface area contributed by atoms with Crippen molar-refractivity contribution in [2.24, 2.45) is 10.2 Å². The van der Waals surface area contributed by atoms with E-state index in [2.05, 4.69) is 10.2 Å². The Morgan fingerprint density at radius 3 is 1.50 bits per heavy atom. The third-order valence-corrected chi connectivity index (χ3v) is 2.28. The number of hydrogen-bond acceptors (Lipinski definition) is 2. The van der Waals surface area contributed by atoms with Crippen molar-refractivity contribution >= 4 is 11.4 Å². The Hall–Kier alpha value is -1.96. The number of nitrogens with zero attached hydrogens (tertiary/aromatic N) is 2. The number of azo groups is 1. The van der Waals surface area contributed by atoms with Crippen LogP contribution in [0.4, 0.5) is 11.4 Å². The van der Waals surface area contributed by atoms with E-state index < -0.39 is 0 Å². The molecular weight excluding hydrogens is 196 g/mol. The minimum Gasteiger partial charge on any atom is -0.151 e. The van der Waals surface area contributed by atoms with Gasteiger partial charge in [-0.2, -0.15) is 10.2 Å². The van der Waals surface area contributed by atoms with E-state index >= 15 is 0 Å². The first kappa shape index (κ1) is 10.6. The largest absolute Gasteiger partial charge is 0.151 e. The third kappa shape index (κ3) is 2.76. The Balaban J connectivity index is 2.21. The highest BCUT2D eigenvalue weighted by Crippen LogP contribution is 2.19. The quantitative estimate of drug-likeness (QED) is 0.641. The van der Waals surface area contributed by atoms with E-state index in [0.717, 1.165) is 11.4 Å². The highest BCUT2D eigenvalue weighted by molar-refractivity contribution is 5.42. The van der Waals surface area contributed by atoms with Gasteiger partial charge in [0.1, 0.15) is 0 Å². The molecule has 0 spiro atoms. The predicted octanol–water partition coefficient (Wildman–Crippen LogP) is 4.72. The van der Waals surface area contributed by atoms with Gasteiger partial charge in [0.15, 0.2) is 0 Å². The van der Waals surface area contributed by atoms with Gasteiger partial charge in [0, 0.05) is 0 Å². The van der Waals surface area contributed by atoms with Crippen LogP contribution in [0.2, 0.25) is 0 Å². The lowest BCUT2D eigenvalue weighted by Crippen LogP contribution is -1.70. The second-order valence-electron chi connectivity index (χ2n) is 3.88. The van der Waals surface area contributed by atoms with Crippen LogP contribution in [0.1, 0.15) is 11.1 Å². The average Bonchev–Trinajstić information content (AvgIpc) is 2.27. The van der Waals surface area contributed by atoms with Crippen molar-refractivity contribution in [3.63, 3.8) is 0 Å². The maximum absolute atomic E-state index is 4.20. The molecule has 0 radical (unpaired) electrons. The highest BCUT2D eigenvalue weighted by Gasteiger charge is 1.91. The summed E-state index contributed by atoms with van der Waals surface area (Å²) in [6.45, 7) is 4.09. The van der Waals surface area contributed by atoms with E-state index in [1.165, 1.54) is 11.1 Å². The van der Waals surface area contributed by atoms with Gasteiger partial charge in [0.25, 0.3) is 0 Å². The summed E-state index contributed by atoms with van der Waals surface area (Å²) in [6.07, 6.45) is 0. The summed E-state index contributed by atoms with van der Waals surface area (Å²) in [5.41, 5.74) is 4.17. The van der Waals surface area contributed by atoms with Gasteiger partial charge < -0.3 is 0 Å². The van der Waals surface area contributed by atoms with Crippen molar-refractivity contribution in [1.29, 1.82) is 0 Å². The van der Waals surface area contributed by atoms with Crippen LogP contribution < -0.4 is 0 Å². The SMILES string of the molecule is Cc1cccc(/N=N\c2cccc(C)c2)c1. The predicted molar refractivity (Wildman–Crippen MR) is 66.5 cm³/mol. The Bertz CT molecular complexity index is 468. The molecule has 0 atom stereocenters.